The van der Waals surface area contributed by atoms with Crippen LogP contribution in [-0.4, -0.2) is 47.7 Å². The van der Waals surface area contributed by atoms with E-state index in [1.165, 1.54) is 0 Å². The van der Waals surface area contributed by atoms with E-state index < -0.39 is 17.5 Å². The van der Waals surface area contributed by atoms with Crippen LogP contribution in [0.4, 0.5) is 0 Å². The molecule has 0 saturated heterocycles. The second-order valence-corrected chi connectivity index (χ2v) is 9.91. The first kappa shape index (κ1) is 27.9. The van der Waals surface area contributed by atoms with Crippen LogP contribution in [0.3, 0.4) is 0 Å². The van der Waals surface area contributed by atoms with Gasteiger partial charge in [-0.2, -0.15) is 0 Å². The number of carbonyl (C=O) groups is 3. The number of ether oxygens (including phenoxy) is 1. The summed E-state index contributed by atoms with van der Waals surface area (Å²) in [6.07, 6.45) is 8.92. The zero-order valence-corrected chi connectivity index (χ0v) is 20.1. The lowest BCUT2D eigenvalue weighted by Crippen LogP contribution is -2.51. The Bertz CT molecular complexity index is 647. The van der Waals surface area contributed by atoms with Gasteiger partial charge in [-0.1, -0.05) is 45.8 Å². The minimum Gasteiger partial charge on any atom is -0.463 e. The highest BCUT2D eigenvalue weighted by atomic mass is 16.5. The molecule has 0 radical (unpaired) electrons. The molecule has 7 heteroatoms. The third kappa shape index (κ3) is 9.55. The largest absolute Gasteiger partial charge is 0.463 e. The predicted molar refractivity (Wildman–Crippen MR) is 126 cm³/mol. The highest BCUT2D eigenvalue weighted by molar-refractivity contribution is 5.86. The lowest BCUT2D eigenvalue weighted by molar-refractivity contribution is -0.146. The molecule has 0 unspecified atom stereocenters. The zero-order chi connectivity index (χ0) is 24.2. The molecule has 0 aromatic heterocycles. The van der Waals surface area contributed by atoms with Crippen LogP contribution in [0.25, 0.3) is 0 Å². The minimum absolute atomic E-state index is 0.0117. The summed E-state index contributed by atoms with van der Waals surface area (Å²) in [5, 5.41) is 15.7. The number of carbonyl (C=O) groups excluding carboxylic acids is 3. The van der Waals surface area contributed by atoms with Gasteiger partial charge in [-0.3, -0.25) is 14.4 Å². The number of hydrogen-bond donors (Lipinski definition) is 3. The van der Waals surface area contributed by atoms with Gasteiger partial charge in [0.1, 0.15) is 6.61 Å². The van der Waals surface area contributed by atoms with Crippen molar-refractivity contribution < 1.29 is 24.2 Å². The Morgan fingerprint density at radius 1 is 1.16 bits per heavy atom. The molecule has 1 fully saturated rings. The topological polar surface area (TPSA) is 105 Å². The molecule has 0 aliphatic heterocycles. The Morgan fingerprint density at radius 3 is 2.34 bits per heavy atom. The minimum atomic E-state index is -0.585. The van der Waals surface area contributed by atoms with Crippen molar-refractivity contribution in [1.29, 1.82) is 0 Å². The van der Waals surface area contributed by atoms with E-state index in [0.717, 1.165) is 32.1 Å². The molecule has 7 nitrogen and oxygen atoms in total. The second kappa shape index (κ2) is 13.4. The summed E-state index contributed by atoms with van der Waals surface area (Å²) in [6.45, 7) is 13.2. The van der Waals surface area contributed by atoms with E-state index in [4.69, 9.17) is 4.74 Å². The maximum atomic E-state index is 13.0. The van der Waals surface area contributed by atoms with Crippen LogP contribution in [0.15, 0.2) is 25.3 Å². The summed E-state index contributed by atoms with van der Waals surface area (Å²) in [5.41, 5.74) is -0.914. The van der Waals surface area contributed by atoms with Gasteiger partial charge in [0.25, 0.3) is 0 Å². The van der Waals surface area contributed by atoms with Crippen molar-refractivity contribution in [3.8, 4) is 0 Å². The van der Waals surface area contributed by atoms with Gasteiger partial charge in [-0.15, -0.1) is 13.2 Å². The Labute approximate surface area is 193 Å². The van der Waals surface area contributed by atoms with E-state index in [-0.39, 0.29) is 42.8 Å². The van der Waals surface area contributed by atoms with E-state index >= 15 is 0 Å². The van der Waals surface area contributed by atoms with Gasteiger partial charge < -0.3 is 20.5 Å². The van der Waals surface area contributed by atoms with E-state index in [1.807, 2.05) is 20.8 Å². The van der Waals surface area contributed by atoms with Crippen molar-refractivity contribution in [2.75, 3.05) is 13.2 Å². The van der Waals surface area contributed by atoms with Gasteiger partial charge in [0.15, 0.2) is 0 Å². The van der Waals surface area contributed by atoms with Gasteiger partial charge in [-0.25, -0.2) is 0 Å². The molecule has 182 valence electrons. The monoisotopic (exact) mass is 450 g/mol. The summed E-state index contributed by atoms with van der Waals surface area (Å²) < 4.78 is 5.40. The lowest BCUT2D eigenvalue weighted by atomic mass is 9.86. The average molecular weight is 451 g/mol. The third-order valence-electron chi connectivity index (χ3n) is 6.08. The number of aliphatic hydroxyl groups excluding tert-OH is 1. The maximum absolute atomic E-state index is 13.0. The van der Waals surface area contributed by atoms with Crippen LogP contribution in [0.1, 0.15) is 78.6 Å². The number of hydrogen-bond acceptors (Lipinski definition) is 5. The predicted octanol–water partition coefficient (Wildman–Crippen LogP) is 3.42. The molecule has 0 heterocycles. The van der Waals surface area contributed by atoms with Crippen LogP contribution in [0, 0.1) is 11.3 Å². The average Bonchev–Trinajstić information content (AvgIpc) is 3.18. The Balaban J connectivity index is 2.72. The van der Waals surface area contributed by atoms with Gasteiger partial charge in [0.2, 0.25) is 11.8 Å². The standard InChI is InChI=1S/C25H42N2O5/c1-6-8-9-13-22(30)32-17-20(24(3,4)5)26-23(31)19(12-7-2)16-21(29)27-25(18-28)14-10-11-15-25/h6-7,19-20,28H,1-2,8-18H2,3-5H3,(H,26,31)(H,27,29)/t19-,20+/m0/s1. The van der Waals surface area contributed by atoms with Gasteiger partial charge >= 0.3 is 5.97 Å². The molecule has 1 rings (SSSR count). The number of amides is 2. The van der Waals surface area contributed by atoms with Crippen molar-refractivity contribution in [3.05, 3.63) is 25.3 Å². The van der Waals surface area contributed by atoms with Crippen molar-refractivity contribution in [2.45, 2.75) is 90.1 Å². The van der Waals surface area contributed by atoms with Gasteiger partial charge in [0, 0.05) is 12.8 Å². The van der Waals surface area contributed by atoms with E-state index in [2.05, 4.69) is 23.8 Å². The number of rotatable bonds is 14. The molecule has 2 amide bonds. The number of aliphatic hydroxyl groups is 1. The number of allylic oxidation sites excluding steroid dienone is 2. The number of unbranched alkanes of at least 4 members (excludes halogenated alkanes) is 1. The van der Waals surface area contributed by atoms with Crippen LogP contribution in [0.5, 0.6) is 0 Å². The van der Waals surface area contributed by atoms with Gasteiger partial charge in [0.05, 0.1) is 24.1 Å². The van der Waals surface area contributed by atoms with Gasteiger partial charge in [-0.05, 0) is 37.5 Å². The van der Waals surface area contributed by atoms with Crippen molar-refractivity contribution in [3.63, 3.8) is 0 Å². The molecule has 0 bridgehead atoms. The van der Waals surface area contributed by atoms with Crippen molar-refractivity contribution in [2.24, 2.45) is 11.3 Å². The molecule has 3 N–H and O–H groups in total. The first-order valence-electron chi connectivity index (χ1n) is 11.7. The molecule has 0 aromatic carbocycles. The van der Waals surface area contributed by atoms with E-state index in [0.29, 0.717) is 19.3 Å². The Morgan fingerprint density at radius 2 is 1.81 bits per heavy atom. The molecule has 32 heavy (non-hydrogen) atoms. The number of esters is 1. The first-order chi connectivity index (χ1) is 15.1. The first-order valence-corrected chi connectivity index (χ1v) is 11.7. The zero-order valence-electron chi connectivity index (χ0n) is 20.1. The summed E-state index contributed by atoms with van der Waals surface area (Å²) in [6, 6.07) is -0.396. The van der Waals surface area contributed by atoms with E-state index in [9.17, 15) is 19.5 Å². The highest BCUT2D eigenvalue weighted by Gasteiger charge is 2.36. The molecule has 1 aliphatic carbocycles. The molecule has 2 atom stereocenters. The van der Waals surface area contributed by atoms with Crippen LogP contribution in [-0.2, 0) is 19.1 Å². The normalized spacial score (nSPS) is 17.1. The van der Waals surface area contributed by atoms with Crippen LogP contribution in [0.2, 0.25) is 0 Å². The summed E-state index contributed by atoms with van der Waals surface area (Å²) in [4.78, 5) is 37.7. The molecule has 1 saturated carbocycles. The SMILES string of the molecule is C=CCCCC(=O)OC[C@@H](NC(=O)[C@@H](CC=C)CC(=O)NC1(CO)CCCC1)C(C)(C)C. The van der Waals surface area contributed by atoms with Crippen molar-refractivity contribution in [1.82, 2.24) is 10.6 Å². The quantitative estimate of drug-likeness (QED) is 0.214. The Kier molecular flexibility index (Phi) is 11.7. The molecular weight excluding hydrogens is 408 g/mol. The fourth-order valence-electron chi connectivity index (χ4n) is 3.87. The maximum Gasteiger partial charge on any atom is 0.305 e. The van der Waals surface area contributed by atoms with Crippen molar-refractivity contribution >= 4 is 17.8 Å². The molecule has 0 spiro atoms. The summed E-state index contributed by atoms with van der Waals surface area (Å²) in [5.74, 6) is -1.41. The molecule has 1 aliphatic rings. The molecular formula is C25H42N2O5. The molecule has 0 aromatic rings. The summed E-state index contributed by atoms with van der Waals surface area (Å²) in [7, 11) is 0. The summed E-state index contributed by atoms with van der Waals surface area (Å²) >= 11 is 0. The Hall–Kier alpha value is -2.15. The smallest absolute Gasteiger partial charge is 0.305 e. The second-order valence-electron chi connectivity index (χ2n) is 9.91. The van der Waals surface area contributed by atoms with E-state index in [1.54, 1.807) is 12.2 Å². The number of nitrogens with one attached hydrogen (secondary N) is 2. The van der Waals surface area contributed by atoms with Crippen LogP contribution < -0.4 is 10.6 Å². The third-order valence-corrected chi connectivity index (χ3v) is 6.08. The fraction of sp³-hybridized carbons (Fsp3) is 0.720. The highest BCUT2D eigenvalue weighted by Crippen LogP contribution is 2.29. The van der Waals surface area contributed by atoms with Crippen LogP contribution >= 0.6 is 0 Å². The lowest BCUT2D eigenvalue weighted by Gasteiger charge is -2.32. The fourth-order valence-corrected chi connectivity index (χ4v) is 3.87.